The molecule has 2 N–H and O–H groups in total. The molecule has 0 unspecified atom stereocenters. The van der Waals surface area contributed by atoms with Gasteiger partial charge in [-0.15, -0.1) is 0 Å². The molecule has 2 aromatic rings. The first-order valence-electron chi connectivity index (χ1n) is 7.93. The van der Waals surface area contributed by atoms with Crippen molar-refractivity contribution in [2.24, 2.45) is 0 Å². The summed E-state index contributed by atoms with van der Waals surface area (Å²) < 4.78 is 0. The predicted molar refractivity (Wildman–Crippen MR) is 80.5 cm³/mol. The summed E-state index contributed by atoms with van der Waals surface area (Å²) in [5.41, 5.74) is 2.18. The average Bonchev–Trinajstić information content (AvgIpc) is 3.26. The fourth-order valence-electron chi connectivity index (χ4n) is 3.66. The molecule has 1 aromatic carbocycles. The second-order valence-electron chi connectivity index (χ2n) is 6.58. The number of hydrogen-bond donors (Lipinski definition) is 2. The van der Waals surface area contributed by atoms with E-state index in [-0.39, 0.29) is 0 Å². The summed E-state index contributed by atoms with van der Waals surface area (Å²) >= 11 is 0. The van der Waals surface area contributed by atoms with Crippen molar-refractivity contribution in [3.05, 3.63) is 29.6 Å². The van der Waals surface area contributed by atoms with Crippen molar-refractivity contribution >= 4 is 17.0 Å². The van der Waals surface area contributed by atoms with Gasteiger partial charge in [-0.25, -0.2) is 4.98 Å². The maximum absolute atomic E-state index is 11.9. The van der Waals surface area contributed by atoms with Crippen LogP contribution in [0.2, 0.25) is 0 Å². The minimum Gasteiger partial charge on any atom is -0.481 e. The highest BCUT2D eigenvalue weighted by Crippen LogP contribution is 2.42. The van der Waals surface area contributed by atoms with Crippen molar-refractivity contribution in [1.29, 1.82) is 0 Å². The van der Waals surface area contributed by atoms with Crippen LogP contribution in [0.5, 0.6) is 0 Å². The van der Waals surface area contributed by atoms with Crippen molar-refractivity contribution in [2.45, 2.75) is 56.3 Å². The Morgan fingerprint density at radius 2 is 2.00 bits per heavy atom. The second kappa shape index (κ2) is 4.58. The summed E-state index contributed by atoms with van der Waals surface area (Å²) in [7, 11) is 0. The van der Waals surface area contributed by atoms with Gasteiger partial charge >= 0.3 is 5.97 Å². The first-order chi connectivity index (χ1) is 10.2. The zero-order valence-electron chi connectivity index (χ0n) is 12.1. The summed E-state index contributed by atoms with van der Waals surface area (Å²) in [6.45, 7) is 0. The Labute approximate surface area is 123 Å². The molecule has 0 atom stereocenters. The van der Waals surface area contributed by atoms with E-state index in [1.807, 2.05) is 18.2 Å². The van der Waals surface area contributed by atoms with E-state index in [4.69, 9.17) is 0 Å². The van der Waals surface area contributed by atoms with Gasteiger partial charge in [0.1, 0.15) is 5.82 Å². The summed E-state index contributed by atoms with van der Waals surface area (Å²) in [6, 6.07) is 5.97. The zero-order valence-corrected chi connectivity index (χ0v) is 12.1. The number of carbonyl (C=O) groups is 1. The number of benzene rings is 1. The number of nitrogens with zero attached hydrogens (tertiary/aromatic N) is 1. The SMILES string of the molecule is O=C(O)C1(c2ccc3nc(C4CC4)[nH]c3c2)CCCCC1. The van der Waals surface area contributed by atoms with Crippen LogP contribution in [0, 0.1) is 0 Å². The molecule has 2 aliphatic carbocycles. The van der Waals surface area contributed by atoms with Gasteiger partial charge < -0.3 is 10.1 Å². The Hall–Kier alpha value is -1.84. The third-order valence-electron chi connectivity index (χ3n) is 5.13. The fraction of sp³-hybridized carbons (Fsp3) is 0.529. The van der Waals surface area contributed by atoms with Crippen LogP contribution in [-0.2, 0) is 10.2 Å². The average molecular weight is 284 g/mol. The summed E-state index contributed by atoms with van der Waals surface area (Å²) in [4.78, 5) is 19.9. The molecule has 0 saturated heterocycles. The van der Waals surface area contributed by atoms with E-state index in [1.165, 1.54) is 12.8 Å². The van der Waals surface area contributed by atoms with Crippen LogP contribution in [0.3, 0.4) is 0 Å². The van der Waals surface area contributed by atoms with Gasteiger partial charge in [-0.2, -0.15) is 0 Å². The standard InChI is InChI=1S/C17H20N2O2/c20-16(21)17(8-2-1-3-9-17)12-6-7-13-14(10-12)19-15(18-13)11-4-5-11/h6-7,10-11H,1-5,8-9H2,(H,18,19)(H,20,21). The van der Waals surface area contributed by atoms with Gasteiger partial charge in [0.2, 0.25) is 0 Å². The quantitative estimate of drug-likeness (QED) is 0.902. The van der Waals surface area contributed by atoms with Gasteiger partial charge in [0.15, 0.2) is 0 Å². The number of aromatic nitrogens is 2. The van der Waals surface area contributed by atoms with Gasteiger partial charge in [0.25, 0.3) is 0 Å². The minimum atomic E-state index is -0.697. The normalized spacial score (nSPS) is 21.5. The van der Waals surface area contributed by atoms with Gasteiger partial charge in [-0.05, 0) is 43.4 Å². The van der Waals surface area contributed by atoms with Gasteiger partial charge in [-0.1, -0.05) is 25.3 Å². The Morgan fingerprint density at radius 1 is 1.24 bits per heavy atom. The molecule has 0 amide bonds. The number of hydrogen-bond acceptors (Lipinski definition) is 2. The minimum absolute atomic E-state index is 0.587. The number of carboxylic acid groups (broad SMARTS) is 1. The molecule has 0 radical (unpaired) electrons. The lowest BCUT2D eigenvalue weighted by Gasteiger charge is -2.33. The van der Waals surface area contributed by atoms with Crippen molar-refractivity contribution in [1.82, 2.24) is 9.97 Å². The number of H-pyrrole nitrogens is 1. The van der Waals surface area contributed by atoms with Crippen LogP contribution in [0.1, 0.15) is 62.3 Å². The smallest absolute Gasteiger partial charge is 0.314 e. The van der Waals surface area contributed by atoms with Gasteiger partial charge in [0.05, 0.1) is 16.4 Å². The first kappa shape index (κ1) is 12.9. The molecule has 1 heterocycles. The van der Waals surface area contributed by atoms with E-state index < -0.39 is 11.4 Å². The number of carboxylic acids is 1. The number of fused-ring (bicyclic) bond motifs is 1. The molecule has 110 valence electrons. The van der Waals surface area contributed by atoms with E-state index in [2.05, 4.69) is 9.97 Å². The molecule has 4 rings (SSSR count). The Kier molecular flexibility index (Phi) is 2.81. The Bertz CT molecular complexity index is 694. The molecule has 0 aliphatic heterocycles. The van der Waals surface area contributed by atoms with Crippen molar-refractivity contribution in [3.63, 3.8) is 0 Å². The van der Waals surface area contributed by atoms with Crippen LogP contribution < -0.4 is 0 Å². The summed E-state index contributed by atoms with van der Waals surface area (Å²) in [6.07, 6.45) is 7.07. The van der Waals surface area contributed by atoms with Crippen LogP contribution in [-0.4, -0.2) is 21.0 Å². The highest BCUT2D eigenvalue weighted by atomic mass is 16.4. The van der Waals surface area contributed by atoms with Gasteiger partial charge in [0, 0.05) is 5.92 Å². The lowest BCUT2D eigenvalue weighted by molar-refractivity contribution is -0.145. The third kappa shape index (κ3) is 2.04. The first-order valence-corrected chi connectivity index (χ1v) is 7.93. The van der Waals surface area contributed by atoms with E-state index in [9.17, 15) is 9.90 Å². The van der Waals surface area contributed by atoms with Crippen LogP contribution >= 0.6 is 0 Å². The molecular weight excluding hydrogens is 264 g/mol. The highest BCUT2D eigenvalue weighted by molar-refractivity contribution is 5.84. The van der Waals surface area contributed by atoms with E-state index in [0.29, 0.717) is 5.92 Å². The highest BCUT2D eigenvalue weighted by Gasteiger charge is 2.41. The maximum Gasteiger partial charge on any atom is 0.314 e. The predicted octanol–water partition coefficient (Wildman–Crippen LogP) is 3.73. The van der Waals surface area contributed by atoms with E-state index in [1.54, 1.807) is 0 Å². The lowest BCUT2D eigenvalue weighted by atomic mass is 9.69. The van der Waals surface area contributed by atoms with Crippen molar-refractivity contribution in [2.75, 3.05) is 0 Å². The van der Waals surface area contributed by atoms with E-state index in [0.717, 1.165) is 54.5 Å². The molecule has 4 nitrogen and oxygen atoms in total. The van der Waals surface area contributed by atoms with E-state index >= 15 is 0 Å². The molecule has 0 bridgehead atoms. The number of rotatable bonds is 3. The Balaban J connectivity index is 1.78. The van der Waals surface area contributed by atoms with Crippen molar-refractivity contribution < 1.29 is 9.90 Å². The molecule has 21 heavy (non-hydrogen) atoms. The van der Waals surface area contributed by atoms with Crippen molar-refractivity contribution in [3.8, 4) is 0 Å². The second-order valence-corrected chi connectivity index (χ2v) is 6.58. The maximum atomic E-state index is 11.9. The summed E-state index contributed by atoms with van der Waals surface area (Å²) in [5.74, 6) is 0.975. The number of aromatic amines is 1. The van der Waals surface area contributed by atoms with Gasteiger partial charge in [-0.3, -0.25) is 4.79 Å². The Morgan fingerprint density at radius 3 is 2.67 bits per heavy atom. The van der Waals surface area contributed by atoms with Crippen LogP contribution in [0.25, 0.3) is 11.0 Å². The lowest BCUT2D eigenvalue weighted by Crippen LogP contribution is -2.37. The number of aliphatic carboxylic acids is 1. The molecule has 2 saturated carbocycles. The number of imidazole rings is 1. The largest absolute Gasteiger partial charge is 0.481 e. The molecular formula is C17H20N2O2. The zero-order chi connectivity index (χ0) is 14.4. The molecule has 4 heteroatoms. The monoisotopic (exact) mass is 284 g/mol. The summed E-state index contributed by atoms with van der Waals surface area (Å²) in [5, 5.41) is 9.79. The molecule has 0 spiro atoms. The van der Waals surface area contributed by atoms with Crippen LogP contribution in [0.4, 0.5) is 0 Å². The molecule has 2 fully saturated rings. The molecule has 2 aliphatic rings. The molecule has 1 aromatic heterocycles. The topological polar surface area (TPSA) is 66.0 Å². The number of nitrogens with one attached hydrogen (secondary N) is 1. The third-order valence-corrected chi connectivity index (χ3v) is 5.13. The van der Waals surface area contributed by atoms with Crippen LogP contribution in [0.15, 0.2) is 18.2 Å². The fourth-order valence-corrected chi connectivity index (χ4v) is 3.66.